The van der Waals surface area contributed by atoms with Gasteiger partial charge in [-0.15, -0.1) is 0 Å². The second-order valence-electron chi connectivity index (χ2n) is 5.93. The van der Waals surface area contributed by atoms with Crippen molar-refractivity contribution in [3.8, 4) is 11.3 Å². The van der Waals surface area contributed by atoms with Crippen molar-refractivity contribution < 1.29 is 13.7 Å². The van der Waals surface area contributed by atoms with Gasteiger partial charge in [-0.3, -0.25) is 4.79 Å². The number of fused-ring (bicyclic) bond motifs is 1. The van der Waals surface area contributed by atoms with Crippen molar-refractivity contribution in [2.75, 3.05) is 6.54 Å². The van der Waals surface area contributed by atoms with Gasteiger partial charge in [0.2, 0.25) is 0 Å². The first-order valence-electron chi connectivity index (χ1n) is 7.90. The lowest BCUT2D eigenvalue weighted by Gasteiger charge is -2.26. The molecule has 0 bridgehead atoms. The van der Waals surface area contributed by atoms with Crippen LogP contribution in [0.25, 0.3) is 11.3 Å². The molecule has 0 radical (unpaired) electrons. The van der Waals surface area contributed by atoms with Crippen molar-refractivity contribution in [1.29, 1.82) is 0 Å². The molecular formula is C19H14ClFN2O2. The van der Waals surface area contributed by atoms with Crippen molar-refractivity contribution >= 4 is 17.5 Å². The molecular weight excluding hydrogens is 343 g/mol. The SMILES string of the molecule is O=C(c1cccc(F)c1)N1CCc2noc(-c3ccc(Cl)cc3)c2C1. The van der Waals surface area contributed by atoms with Gasteiger partial charge in [-0.25, -0.2) is 4.39 Å². The van der Waals surface area contributed by atoms with E-state index in [2.05, 4.69) is 5.16 Å². The first-order valence-corrected chi connectivity index (χ1v) is 8.28. The lowest BCUT2D eigenvalue weighted by molar-refractivity contribution is 0.0734. The predicted octanol–water partition coefficient (Wildman–Crippen LogP) is 4.33. The third kappa shape index (κ3) is 3.03. The van der Waals surface area contributed by atoms with E-state index in [4.69, 9.17) is 16.1 Å². The average molecular weight is 357 g/mol. The van der Waals surface area contributed by atoms with Crippen LogP contribution in [-0.2, 0) is 13.0 Å². The van der Waals surface area contributed by atoms with Crippen LogP contribution in [0.5, 0.6) is 0 Å². The molecule has 1 amide bonds. The van der Waals surface area contributed by atoms with Crippen molar-refractivity contribution in [2.24, 2.45) is 0 Å². The van der Waals surface area contributed by atoms with Gasteiger partial charge in [0, 0.05) is 34.7 Å². The Labute approximate surface area is 148 Å². The van der Waals surface area contributed by atoms with Crippen molar-refractivity contribution in [3.05, 3.63) is 76.2 Å². The van der Waals surface area contributed by atoms with Gasteiger partial charge >= 0.3 is 0 Å². The molecule has 2 heterocycles. The first kappa shape index (κ1) is 15.8. The third-order valence-electron chi connectivity index (χ3n) is 4.30. The van der Waals surface area contributed by atoms with Crippen LogP contribution in [0.1, 0.15) is 21.6 Å². The Morgan fingerprint density at radius 1 is 1.20 bits per heavy atom. The fourth-order valence-electron chi connectivity index (χ4n) is 3.02. The Morgan fingerprint density at radius 2 is 2.00 bits per heavy atom. The second kappa shape index (κ2) is 6.33. The number of hydrogen-bond donors (Lipinski definition) is 0. The molecule has 4 rings (SSSR count). The van der Waals surface area contributed by atoms with E-state index in [0.717, 1.165) is 16.8 Å². The zero-order valence-electron chi connectivity index (χ0n) is 13.2. The number of carbonyl (C=O) groups excluding carboxylic acids is 1. The number of halogens is 2. The number of rotatable bonds is 2. The predicted molar refractivity (Wildman–Crippen MR) is 91.8 cm³/mol. The molecule has 0 saturated carbocycles. The molecule has 0 N–H and O–H groups in total. The number of amides is 1. The smallest absolute Gasteiger partial charge is 0.254 e. The summed E-state index contributed by atoms with van der Waals surface area (Å²) >= 11 is 5.93. The number of hydrogen-bond acceptors (Lipinski definition) is 3. The lowest BCUT2D eigenvalue weighted by atomic mass is 10.0. The van der Waals surface area contributed by atoms with Gasteiger partial charge in [0.1, 0.15) is 5.82 Å². The van der Waals surface area contributed by atoms with Crippen molar-refractivity contribution in [1.82, 2.24) is 10.1 Å². The molecule has 3 aromatic rings. The van der Waals surface area contributed by atoms with Gasteiger partial charge in [-0.05, 0) is 42.5 Å². The summed E-state index contributed by atoms with van der Waals surface area (Å²) in [7, 11) is 0. The van der Waals surface area contributed by atoms with E-state index in [1.165, 1.54) is 18.2 Å². The van der Waals surface area contributed by atoms with E-state index < -0.39 is 5.82 Å². The van der Waals surface area contributed by atoms with E-state index in [1.807, 2.05) is 12.1 Å². The van der Waals surface area contributed by atoms with Crippen LogP contribution in [0.15, 0.2) is 53.1 Å². The molecule has 0 fully saturated rings. The lowest BCUT2D eigenvalue weighted by Crippen LogP contribution is -2.36. The summed E-state index contributed by atoms with van der Waals surface area (Å²) < 4.78 is 18.9. The highest BCUT2D eigenvalue weighted by molar-refractivity contribution is 6.30. The molecule has 2 aromatic carbocycles. The summed E-state index contributed by atoms with van der Waals surface area (Å²) in [5.74, 6) is 0.0206. The van der Waals surface area contributed by atoms with E-state index in [1.54, 1.807) is 23.1 Å². The monoisotopic (exact) mass is 356 g/mol. The average Bonchev–Trinajstić information content (AvgIpc) is 3.05. The molecule has 0 aliphatic carbocycles. The van der Waals surface area contributed by atoms with E-state index >= 15 is 0 Å². The molecule has 0 unspecified atom stereocenters. The van der Waals surface area contributed by atoms with Gasteiger partial charge in [0.05, 0.1) is 12.2 Å². The van der Waals surface area contributed by atoms with Gasteiger partial charge < -0.3 is 9.42 Å². The summed E-state index contributed by atoms with van der Waals surface area (Å²) in [5.41, 5.74) is 2.94. The number of carbonyl (C=O) groups is 1. The zero-order valence-corrected chi connectivity index (χ0v) is 14.0. The number of benzene rings is 2. The molecule has 1 aromatic heterocycles. The maximum Gasteiger partial charge on any atom is 0.254 e. The van der Waals surface area contributed by atoms with Crippen LogP contribution >= 0.6 is 11.6 Å². The van der Waals surface area contributed by atoms with Crippen LogP contribution in [-0.4, -0.2) is 22.5 Å². The molecule has 6 heteroatoms. The van der Waals surface area contributed by atoms with E-state index in [9.17, 15) is 9.18 Å². The molecule has 1 aliphatic heterocycles. The summed E-state index contributed by atoms with van der Waals surface area (Å²) in [5, 5.41) is 4.77. The quantitative estimate of drug-likeness (QED) is 0.686. The standard InChI is InChI=1S/C19H14ClFN2O2/c20-14-6-4-12(5-7-14)18-16-11-23(9-8-17(16)22-25-18)19(24)13-2-1-3-15(21)10-13/h1-7,10H,8-9,11H2. The first-order chi connectivity index (χ1) is 12.1. The Balaban J connectivity index is 1.63. The van der Waals surface area contributed by atoms with Gasteiger partial charge in [-0.1, -0.05) is 22.8 Å². The number of aromatic nitrogens is 1. The van der Waals surface area contributed by atoms with Crippen LogP contribution in [0, 0.1) is 5.82 Å². The van der Waals surface area contributed by atoms with Crippen LogP contribution in [0.2, 0.25) is 5.02 Å². The van der Waals surface area contributed by atoms with Crippen molar-refractivity contribution in [2.45, 2.75) is 13.0 Å². The molecule has 0 spiro atoms. The summed E-state index contributed by atoms with van der Waals surface area (Å²) in [6, 6.07) is 13.0. The Kier molecular flexibility index (Phi) is 4.01. The molecule has 25 heavy (non-hydrogen) atoms. The molecule has 4 nitrogen and oxygen atoms in total. The maximum atomic E-state index is 13.4. The van der Waals surface area contributed by atoms with Crippen LogP contribution < -0.4 is 0 Å². The zero-order chi connectivity index (χ0) is 17.4. The Bertz CT molecular complexity index is 937. The fraction of sp³-hybridized carbons (Fsp3) is 0.158. The van der Waals surface area contributed by atoms with E-state index in [-0.39, 0.29) is 5.91 Å². The largest absolute Gasteiger partial charge is 0.356 e. The van der Waals surface area contributed by atoms with E-state index in [0.29, 0.717) is 35.9 Å². The third-order valence-corrected chi connectivity index (χ3v) is 4.55. The summed E-state index contributed by atoms with van der Waals surface area (Å²) in [6.45, 7) is 0.904. The normalized spacial score (nSPS) is 13.6. The van der Waals surface area contributed by atoms with Crippen molar-refractivity contribution in [3.63, 3.8) is 0 Å². The Hall–Kier alpha value is -2.66. The van der Waals surface area contributed by atoms with Crippen LogP contribution in [0.3, 0.4) is 0 Å². The summed E-state index contributed by atoms with van der Waals surface area (Å²) in [6.07, 6.45) is 0.605. The molecule has 0 saturated heterocycles. The topological polar surface area (TPSA) is 46.3 Å². The maximum absolute atomic E-state index is 13.4. The molecule has 0 atom stereocenters. The molecule has 1 aliphatic rings. The Morgan fingerprint density at radius 3 is 2.76 bits per heavy atom. The van der Waals surface area contributed by atoms with Gasteiger partial charge in [0.15, 0.2) is 5.76 Å². The minimum Gasteiger partial charge on any atom is -0.356 e. The minimum absolute atomic E-state index is 0.201. The van der Waals surface area contributed by atoms with Gasteiger partial charge in [-0.2, -0.15) is 0 Å². The highest BCUT2D eigenvalue weighted by atomic mass is 35.5. The fourth-order valence-corrected chi connectivity index (χ4v) is 3.14. The highest BCUT2D eigenvalue weighted by Gasteiger charge is 2.28. The second-order valence-corrected chi connectivity index (χ2v) is 6.37. The van der Waals surface area contributed by atoms with Gasteiger partial charge in [0.25, 0.3) is 5.91 Å². The van der Waals surface area contributed by atoms with Crippen LogP contribution in [0.4, 0.5) is 4.39 Å². The number of nitrogens with zero attached hydrogens (tertiary/aromatic N) is 2. The summed E-state index contributed by atoms with van der Waals surface area (Å²) in [4.78, 5) is 14.4. The highest BCUT2D eigenvalue weighted by Crippen LogP contribution is 2.31. The minimum atomic E-state index is -0.421. The molecule has 126 valence electrons.